The van der Waals surface area contributed by atoms with Gasteiger partial charge in [-0.3, -0.25) is 9.48 Å². The van der Waals surface area contributed by atoms with Crippen LogP contribution in [0.3, 0.4) is 0 Å². The third kappa shape index (κ3) is 3.00. The Kier molecular flexibility index (Phi) is 4.55. The van der Waals surface area contributed by atoms with Gasteiger partial charge in [-0.05, 0) is 47.2 Å². The van der Waals surface area contributed by atoms with Crippen LogP contribution in [-0.4, -0.2) is 15.6 Å². The first kappa shape index (κ1) is 13.7. The van der Waals surface area contributed by atoms with E-state index in [0.29, 0.717) is 11.1 Å². The molecule has 0 fully saturated rings. The van der Waals surface area contributed by atoms with Crippen LogP contribution in [0.1, 0.15) is 29.3 Å². The number of benzene rings is 1. The van der Waals surface area contributed by atoms with E-state index < -0.39 is 0 Å². The van der Waals surface area contributed by atoms with Crippen LogP contribution in [0.2, 0.25) is 0 Å². The number of aromatic nitrogens is 2. The predicted octanol–water partition coefficient (Wildman–Crippen LogP) is 3.89. The van der Waals surface area contributed by atoms with Crippen LogP contribution >= 0.6 is 38.5 Å². The maximum atomic E-state index is 12.4. The number of carbonyl (C=O) groups excluding carboxylic acids is 1. The minimum absolute atomic E-state index is 0.0167. The second-order valence-electron chi connectivity index (χ2n) is 3.95. The van der Waals surface area contributed by atoms with Crippen LogP contribution in [0.5, 0.6) is 0 Å². The highest BCUT2D eigenvalue weighted by Gasteiger charge is 2.14. The van der Waals surface area contributed by atoms with Crippen LogP contribution in [0, 0.1) is 3.57 Å². The number of halogens is 2. The van der Waals surface area contributed by atoms with Crippen molar-refractivity contribution in [2.24, 2.45) is 0 Å². The number of ketones is 1. The van der Waals surface area contributed by atoms with Crippen molar-refractivity contribution in [1.82, 2.24) is 9.78 Å². The van der Waals surface area contributed by atoms with Gasteiger partial charge in [-0.15, -0.1) is 0 Å². The van der Waals surface area contributed by atoms with Gasteiger partial charge in [-0.2, -0.15) is 5.10 Å². The summed E-state index contributed by atoms with van der Waals surface area (Å²) in [6.07, 6.45) is 4.45. The lowest BCUT2D eigenvalue weighted by Gasteiger charge is -2.02. The van der Waals surface area contributed by atoms with Crippen molar-refractivity contribution in [3.8, 4) is 0 Å². The molecule has 2 rings (SSSR count). The number of rotatable bonds is 4. The van der Waals surface area contributed by atoms with Gasteiger partial charge in [0.2, 0.25) is 0 Å². The third-order valence-corrected chi connectivity index (χ3v) is 3.96. The average molecular weight is 419 g/mol. The van der Waals surface area contributed by atoms with E-state index in [9.17, 15) is 4.79 Å². The predicted molar refractivity (Wildman–Crippen MR) is 82.8 cm³/mol. The molecule has 0 atom stereocenters. The second kappa shape index (κ2) is 5.97. The van der Waals surface area contributed by atoms with Crippen LogP contribution in [0.15, 0.2) is 35.1 Å². The molecule has 18 heavy (non-hydrogen) atoms. The van der Waals surface area contributed by atoms with E-state index in [1.54, 1.807) is 10.9 Å². The van der Waals surface area contributed by atoms with Crippen LogP contribution < -0.4 is 0 Å². The number of nitrogens with zero attached hydrogens (tertiary/aromatic N) is 2. The van der Waals surface area contributed by atoms with Crippen molar-refractivity contribution >= 4 is 44.3 Å². The normalized spacial score (nSPS) is 10.6. The van der Waals surface area contributed by atoms with Crippen molar-refractivity contribution in [3.63, 3.8) is 0 Å². The number of aryl methyl sites for hydroxylation is 1. The Morgan fingerprint density at radius 3 is 3.00 bits per heavy atom. The van der Waals surface area contributed by atoms with Gasteiger partial charge in [0.15, 0.2) is 5.78 Å². The van der Waals surface area contributed by atoms with E-state index in [1.165, 1.54) is 0 Å². The molecule has 1 heterocycles. The molecule has 0 N–H and O–H groups in total. The molecular weight excluding hydrogens is 407 g/mol. The molecule has 0 radical (unpaired) electrons. The minimum atomic E-state index is 0.0167. The summed E-state index contributed by atoms with van der Waals surface area (Å²) in [6.45, 7) is 2.92. The molecule has 0 saturated carbocycles. The molecule has 0 aliphatic heterocycles. The van der Waals surface area contributed by atoms with E-state index in [1.807, 2.05) is 24.4 Å². The first-order valence-electron chi connectivity index (χ1n) is 5.64. The maximum absolute atomic E-state index is 12.4. The number of hydrogen-bond donors (Lipinski definition) is 0. The Labute approximate surface area is 128 Å². The van der Waals surface area contributed by atoms with Gasteiger partial charge in [0.25, 0.3) is 0 Å². The third-order valence-electron chi connectivity index (χ3n) is 2.52. The van der Waals surface area contributed by atoms with Crippen LogP contribution in [0.4, 0.5) is 0 Å². The smallest absolute Gasteiger partial charge is 0.197 e. The maximum Gasteiger partial charge on any atom is 0.197 e. The molecule has 0 bridgehead atoms. The molecule has 0 aliphatic rings. The van der Waals surface area contributed by atoms with E-state index in [4.69, 9.17) is 0 Å². The Balaban J connectivity index is 2.32. The molecular formula is C13H12BrIN2O. The van der Waals surface area contributed by atoms with Crippen molar-refractivity contribution in [2.45, 2.75) is 19.9 Å². The van der Waals surface area contributed by atoms with Gasteiger partial charge >= 0.3 is 0 Å². The fraction of sp³-hybridized carbons (Fsp3) is 0.231. The van der Waals surface area contributed by atoms with Gasteiger partial charge < -0.3 is 0 Å². The van der Waals surface area contributed by atoms with Gasteiger partial charge in [-0.25, -0.2) is 0 Å². The minimum Gasteiger partial charge on any atom is -0.288 e. The summed E-state index contributed by atoms with van der Waals surface area (Å²) in [7, 11) is 0. The highest BCUT2D eigenvalue weighted by atomic mass is 127. The summed E-state index contributed by atoms with van der Waals surface area (Å²) in [5.74, 6) is 0.0167. The lowest BCUT2D eigenvalue weighted by Crippen LogP contribution is -2.03. The average Bonchev–Trinajstić information content (AvgIpc) is 2.80. The largest absolute Gasteiger partial charge is 0.288 e. The summed E-state index contributed by atoms with van der Waals surface area (Å²) in [6, 6.07) is 5.70. The topological polar surface area (TPSA) is 34.9 Å². The Bertz CT molecular complexity index is 580. The Morgan fingerprint density at radius 1 is 1.50 bits per heavy atom. The first-order chi connectivity index (χ1) is 8.61. The standard InChI is InChI=1S/C13H12BrIN2O/c1-2-5-17-8-9(7-16-17)13(18)11-6-10(14)3-4-12(11)15/h3-4,6-8H,2,5H2,1H3. The number of hydrogen-bond acceptors (Lipinski definition) is 2. The summed E-state index contributed by atoms with van der Waals surface area (Å²) in [5, 5.41) is 4.19. The molecule has 0 amide bonds. The summed E-state index contributed by atoms with van der Waals surface area (Å²) < 4.78 is 3.66. The monoisotopic (exact) mass is 418 g/mol. The summed E-state index contributed by atoms with van der Waals surface area (Å²) in [4.78, 5) is 12.4. The van der Waals surface area contributed by atoms with E-state index in [-0.39, 0.29) is 5.78 Å². The van der Waals surface area contributed by atoms with Crippen molar-refractivity contribution in [2.75, 3.05) is 0 Å². The van der Waals surface area contributed by atoms with Crippen LogP contribution in [0.25, 0.3) is 0 Å². The van der Waals surface area contributed by atoms with Gasteiger partial charge in [0.1, 0.15) is 0 Å². The molecule has 3 nitrogen and oxygen atoms in total. The molecule has 1 aromatic heterocycles. The molecule has 0 saturated heterocycles. The molecule has 0 spiro atoms. The molecule has 94 valence electrons. The summed E-state index contributed by atoms with van der Waals surface area (Å²) in [5.41, 5.74) is 1.35. The van der Waals surface area contributed by atoms with Crippen LogP contribution in [-0.2, 0) is 6.54 Å². The molecule has 5 heteroatoms. The lowest BCUT2D eigenvalue weighted by molar-refractivity contribution is 0.103. The summed E-state index contributed by atoms with van der Waals surface area (Å²) >= 11 is 5.56. The van der Waals surface area contributed by atoms with Crippen molar-refractivity contribution < 1.29 is 4.79 Å². The van der Waals surface area contributed by atoms with E-state index in [0.717, 1.165) is 21.0 Å². The number of carbonyl (C=O) groups is 1. The van der Waals surface area contributed by atoms with Gasteiger partial charge in [-0.1, -0.05) is 22.9 Å². The van der Waals surface area contributed by atoms with E-state index >= 15 is 0 Å². The molecule has 2 aromatic rings. The fourth-order valence-electron chi connectivity index (χ4n) is 1.66. The molecule has 1 aromatic carbocycles. The highest BCUT2D eigenvalue weighted by molar-refractivity contribution is 14.1. The molecule has 0 unspecified atom stereocenters. The van der Waals surface area contributed by atoms with Crippen molar-refractivity contribution in [3.05, 3.63) is 49.8 Å². The lowest BCUT2D eigenvalue weighted by atomic mass is 10.1. The zero-order valence-electron chi connectivity index (χ0n) is 9.86. The second-order valence-corrected chi connectivity index (χ2v) is 6.02. The fourth-order valence-corrected chi connectivity index (χ4v) is 2.60. The van der Waals surface area contributed by atoms with Gasteiger partial charge in [0.05, 0.1) is 11.8 Å². The Morgan fingerprint density at radius 2 is 2.28 bits per heavy atom. The quantitative estimate of drug-likeness (QED) is 0.557. The first-order valence-corrected chi connectivity index (χ1v) is 7.51. The molecule has 0 aliphatic carbocycles. The SMILES string of the molecule is CCCn1cc(C(=O)c2cc(Br)ccc2I)cn1. The zero-order chi connectivity index (χ0) is 13.1. The zero-order valence-corrected chi connectivity index (χ0v) is 13.6. The van der Waals surface area contributed by atoms with Crippen molar-refractivity contribution in [1.29, 1.82) is 0 Å². The van der Waals surface area contributed by atoms with Gasteiger partial charge in [0, 0.05) is 26.3 Å². The Hall–Kier alpha value is -0.690. The van der Waals surface area contributed by atoms with E-state index in [2.05, 4.69) is 50.5 Å². The highest BCUT2D eigenvalue weighted by Crippen LogP contribution is 2.21.